The summed E-state index contributed by atoms with van der Waals surface area (Å²) < 4.78 is 13.7. The van der Waals surface area contributed by atoms with Gasteiger partial charge in [0.2, 0.25) is 5.75 Å². The first kappa shape index (κ1) is 13.6. The molecule has 0 atom stereocenters. The first-order valence-electron chi connectivity index (χ1n) is 4.83. The molecule has 0 unspecified atom stereocenters. The van der Waals surface area contributed by atoms with Crippen LogP contribution in [-0.2, 0) is 14.3 Å². The Morgan fingerprint density at radius 1 is 1.17 bits per heavy atom. The number of esters is 2. The molecule has 7 nitrogen and oxygen atoms in total. The maximum atomic E-state index is 11.3. The highest BCUT2D eigenvalue weighted by atomic mass is 16.6. The highest BCUT2D eigenvalue weighted by molar-refractivity contribution is 5.91. The first-order valence-corrected chi connectivity index (χ1v) is 4.83. The lowest BCUT2D eigenvalue weighted by Crippen LogP contribution is -2.13. The second kappa shape index (κ2) is 5.76. The van der Waals surface area contributed by atoms with Gasteiger partial charge < -0.3 is 24.4 Å². The van der Waals surface area contributed by atoms with E-state index >= 15 is 0 Å². The molecule has 0 spiro atoms. The third kappa shape index (κ3) is 3.03. The van der Waals surface area contributed by atoms with Gasteiger partial charge in [-0.1, -0.05) is 0 Å². The van der Waals surface area contributed by atoms with Crippen LogP contribution in [0.1, 0.15) is 10.4 Å². The monoisotopic (exact) mass is 256 g/mol. The molecule has 0 bridgehead atoms. The number of rotatable bonds is 4. The Labute approximate surface area is 103 Å². The fourth-order valence-electron chi connectivity index (χ4n) is 1.13. The summed E-state index contributed by atoms with van der Waals surface area (Å²) in [7, 11) is 2.34. The van der Waals surface area contributed by atoms with Crippen LogP contribution in [0, 0.1) is 0 Å². The van der Waals surface area contributed by atoms with Gasteiger partial charge in [-0.05, 0) is 12.1 Å². The number of aromatic hydroxyl groups is 2. The van der Waals surface area contributed by atoms with E-state index in [-0.39, 0.29) is 11.3 Å². The number of carbonyl (C=O) groups excluding carboxylic acids is 2. The molecule has 2 N–H and O–H groups in total. The molecule has 0 aliphatic rings. The van der Waals surface area contributed by atoms with Gasteiger partial charge in [-0.15, -0.1) is 0 Å². The summed E-state index contributed by atoms with van der Waals surface area (Å²) in [5, 5.41) is 18.9. The van der Waals surface area contributed by atoms with E-state index in [1.54, 1.807) is 0 Å². The molecule has 7 heteroatoms. The highest BCUT2D eigenvalue weighted by Crippen LogP contribution is 2.36. The van der Waals surface area contributed by atoms with Crippen molar-refractivity contribution in [1.29, 1.82) is 0 Å². The SMILES string of the molecule is COC(=O)COc1cc(C(=O)OC)cc(O)c1O. The molecule has 0 fully saturated rings. The fraction of sp³-hybridized carbons (Fsp3) is 0.273. The van der Waals surface area contributed by atoms with Crippen molar-refractivity contribution in [2.75, 3.05) is 20.8 Å². The van der Waals surface area contributed by atoms with Gasteiger partial charge in [0, 0.05) is 0 Å². The van der Waals surface area contributed by atoms with E-state index in [9.17, 15) is 19.8 Å². The summed E-state index contributed by atoms with van der Waals surface area (Å²) in [4.78, 5) is 22.1. The van der Waals surface area contributed by atoms with E-state index in [4.69, 9.17) is 4.74 Å². The Hall–Kier alpha value is -2.44. The van der Waals surface area contributed by atoms with Crippen molar-refractivity contribution in [3.63, 3.8) is 0 Å². The van der Waals surface area contributed by atoms with E-state index in [1.165, 1.54) is 14.2 Å². The quantitative estimate of drug-likeness (QED) is 0.595. The maximum absolute atomic E-state index is 11.3. The zero-order valence-corrected chi connectivity index (χ0v) is 9.80. The Balaban J connectivity index is 2.99. The summed E-state index contributed by atoms with van der Waals surface area (Å²) >= 11 is 0. The van der Waals surface area contributed by atoms with Gasteiger partial charge in [-0.25, -0.2) is 9.59 Å². The lowest BCUT2D eigenvalue weighted by atomic mass is 10.2. The van der Waals surface area contributed by atoms with Crippen LogP contribution in [0.5, 0.6) is 17.2 Å². The average Bonchev–Trinajstić information content (AvgIpc) is 2.38. The summed E-state index contributed by atoms with van der Waals surface area (Å²) in [5.74, 6) is -2.74. The minimum atomic E-state index is -0.715. The second-order valence-electron chi connectivity index (χ2n) is 3.20. The average molecular weight is 256 g/mol. The number of methoxy groups -OCH3 is 2. The summed E-state index contributed by atoms with van der Waals surface area (Å²) in [5.41, 5.74) is -0.0207. The number of phenolic OH excluding ortho intramolecular Hbond substituents is 2. The van der Waals surface area contributed by atoms with Crippen molar-refractivity contribution in [1.82, 2.24) is 0 Å². The molecule has 0 saturated carbocycles. The van der Waals surface area contributed by atoms with Crippen LogP contribution >= 0.6 is 0 Å². The molecular formula is C11H12O7. The predicted octanol–water partition coefficient (Wildman–Crippen LogP) is 0.436. The summed E-state index contributed by atoms with van der Waals surface area (Å²) in [6.45, 7) is -0.464. The topological polar surface area (TPSA) is 102 Å². The van der Waals surface area contributed by atoms with Crippen molar-refractivity contribution >= 4 is 11.9 Å². The van der Waals surface area contributed by atoms with Crippen molar-refractivity contribution in [2.24, 2.45) is 0 Å². The molecule has 18 heavy (non-hydrogen) atoms. The lowest BCUT2D eigenvalue weighted by molar-refractivity contribution is -0.142. The molecule has 1 aromatic carbocycles. The molecule has 0 radical (unpaired) electrons. The maximum Gasteiger partial charge on any atom is 0.343 e. The van der Waals surface area contributed by atoms with Crippen LogP contribution in [0.25, 0.3) is 0 Å². The predicted molar refractivity (Wildman–Crippen MR) is 58.6 cm³/mol. The van der Waals surface area contributed by atoms with E-state index in [0.29, 0.717) is 0 Å². The molecule has 1 aromatic rings. The van der Waals surface area contributed by atoms with Crippen LogP contribution in [0.3, 0.4) is 0 Å². The molecule has 0 aliphatic carbocycles. The van der Waals surface area contributed by atoms with Gasteiger partial charge in [0.05, 0.1) is 19.8 Å². The van der Waals surface area contributed by atoms with Gasteiger partial charge in [0.25, 0.3) is 0 Å². The molecule has 0 heterocycles. The minimum Gasteiger partial charge on any atom is -0.504 e. The van der Waals surface area contributed by atoms with Crippen LogP contribution in [-0.4, -0.2) is 43.0 Å². The minimum absolute atomic E-state index is 0.0207. The van der Waals surface area contributed by atoms with Crippen molar-refractivity contribution < 1.29 is 34.0 Å². The largest absolute Gasteiger partial charge is 0.504 e. The first-order chi connectivity index (χ1) is 8.49. The van der Waals surface area contributed by atoms with Gasteiger partial charge in [-0.2, -0.15) is 0 Å². The van der Waals surface area contributed by atoms with Crippen LogP contribution in [0.15, 0.2) is 12.1 Å². The smallest absolute Gasteiger partial charge is 0.343 e. The molecule has 0 aromatic heterocycles. The Kier molecular flexibility index (Phi) is 4.36. The van der Waals surface area contributed by atoms with E-state index in [1.807, 2.05) is 0 Å². The van der Waals surface area contributed by atoms with E-state index < -0.39 is 30.0 Å². The second-order valence-corrected chi connectivity index (χ2v) is 3.20. The molecule has 98 valence electrons. The number of phenols is 2. The fourth-order valence-corrected chi connectivity index (χ4v) is 1.13. The van der Waals surface area contributed by atoms with Crippen molar-refractivity contribution in [2.45, 2.75) is 0 Å². The molecule has 0 amide bonds. The Bertz CT molecular complexity index is 467. The number of hydrogen-bond donors (Lipinski definition) is 2. The lowest BCUT2D eigenvalue weighted by Gasteiger charge is -2.09. The van der Waals surface area contributed by atoms with Crippen LogP contribution in [0.2, 0.25) is 0 Å². The van der Waals surface area contributed by atoms with Crippen LogP contribution < -0.4 is 4.74 Å². The number of hydrogen-bond acceptors (Lipinski definition) is 7. The highest BCUT2D eigenvalue weighted by Gasteiger charge is 2.16. The van der Waals surface area contributed by atoms with Crippen molar-refractivity contribution in [3.05, 3.63) is 17.7 Å². The van der Waals surface area contributed by atoms with Gasteiger partial charge in [0.15, 0.2) is 18.1 Å². The number of carbonyl (C=O) groups is 2. The van der Waals surface area contributed by atoms with Crippen molar-refractivity contribution in [3.8, 4) is 17.2 Å². The zero-order chi connectivity index (χ0) is 13.7. The van der Waals surface area contributed by atoms with E-state index in [2.05, 4.69) is 9.47 Å². The third-order valence-corrected chi connectivity index (χ3v) is 2.05. The molecule has 0 aliphatic heterocycles. The molecule has 1 rings (SSSR count). The normalized spacial score (nSPS) is 9.67. The third-order valence-electron chi connectivity index (χ3n) is 2.05. The van der Waals surface area contributed by atoms with Crippen LogP contribution in [0.4, 0.5) is 0 Å². The zero-order valence-electron chi connectivity index (χ0n) is 9.80. The molecule has 0 saturated heterocycles. The summed E-state index contributed by atoms with van der Waals surface area (Å²) in [6.07, 6.45) is 0. The van der Waals surface area contributed by atoms with Gasteiger partial charge >= 0.3 is 11.9 Å². The number of benzene rings is 1. The number of ether oxygens (including phenoxy) is 3. The standard InChI is InChI=1S/C11H12O7/c1-16-9(13)5-18-8-4-6(11(15)17-2)3-7(12)10(8)14/h3-4,12,14H,5H2,1-2H3. The van der Waals surface area contributed by atoms with Gasteiger partial charge in [0.1, 0.15) is 0 Å². The van der Waals surface area contributed by atoms with Gasteiger partial charge in [-0.3, -0.25) is 0 Å². The summed E-state index contributed by atoms with van der Waals surface area (Å²) in [6, 6.07) is 2.16. The Morgan fingerprint density at radius 3 is 2.39 bits per heavy atom. The Morgan fingerprint density at radius 2 is 1.83 bits per heavy atom. The molecular weight excluding hydrogens is 244 g/mol. The van der Waals surface area contributed by atoms with E-state index in [0.717, 1.165) is 12.1 Å².